The summed E-state index contributed by atoms with van der Waals surface area (Å²) in [4.78, 5) is 26.3. The summed E-state index contributed by atoms with van der Waals surface area (Å²) < 4.78 is 1.46. The molecule has 0 aromatic carbocycles. The zero-order valence-corrected chi connectivity index (χ0v) is 13.6. The maximum absolute atomic E-state index is 12.6. The van der Waals surface area contributed by atoms with Crippen molar-refractivity contribution in [3.8, 4) is 0 Å². The molecule has 0 spiro atoms. The van der Waals surface area contributed by atoms with Crippen LogP contribution in [0.5, 0.6) is 0 Å². The van der Waals surface area contributed by atoms with E-state index < -0.39 is 0 Å². The van der Waals surface area contributed by atoms with Gasteiger partial charge in [0.25, 0.3) is 5.56 Å². The molecule has 2 fully saturated rings. The van der Waals surface area contributed by atoms with E-state index in [-0.39, 0.29) is 17.6 Å². The van der Waals surface area contributed by atoms with Gasteiger partial charge in [0.15, 0.2) is 0 Å². The lowest BCUT2D eigenvalue weighted by Crippen LogP contribution is -2.48. The highest BCUT2D eigenvalue weighted by Crippen LogP contribution is 2.21. The van der Waals surface area contributed by atoms with E-state index in [9.17, 15) is 9.59 Å². The topological polar surface area (TPSA) is 67.2 Å². The molecule has 0 radical (unpaired) electrons. The predicted octanol–water partition coefficient (Wildman–Crippen LogP) is 2.14. The molecule has 1 unspecified atom stereocenters. The van der Waals surface area contributed by atoms with Crippen LogP contribution in [-0.2, 0) is 6.54 Å². The quantitative estimate of drug-likeness (QED) is 0.868. The van der Waals surface area contributed by atoms with E-state index in [1.54, 1.807) is 12.3 Å². The molecule has 6 heteroatoms. The summed E-state index contributed by atoms with van der Waals surface area (Å²) in [5.41, 5.74) is -0.108. The van der Waals surface area contributed by atoms with Gasteiger partial charge in [-0.2, -0.15) is 5.10 Å². The summed E-state index contributed by atoms with van der Waals surface area (Å²) in [7, 11) is 0. The first-order chi connectivity index (χ1) is 11.2. The Bertz CT molecular complexity index is 578. The lowest BCUT2D eigenvalue weighted by Gasteiger charge is -2.27. The summed E-state index contributed by atoms with van der Waals surface area (Å²) in [6.07, 6.45) is 10.7. The van der Waals surface area contributed by atoms with Crippen molar-refractivity contribution >= 4 is 6.03 Å². The van der Waals surface area contributed by atoms with Crippen LogP contribution in [0.1, 0.15) is 51.4 Å². The zero-order chi connectivity index (χ0) is 16.1. The number of carbonyl (C=O) groups is 1. The molecule has 2 aliphatic rings. The molecule has 1 aliphatic carbocycles. The van der Waals surface area contributed by atoms with E-state index >= 15 is 0 Å². The van der Waals surface area contributed by atoms with Gasteiger partial charge in [-0.1, -0.05) is 25.7 Å². The van der Waals surface area contributed by atoms with Crippen molar-refractivity contribution in [1.29, 1.82) is 0 Å². The number of nitrogens with one attached hydrogen (secondary N) is 1. The number of aromatic nitrogens is 2. The van der Waals surface area contributed by atoms with Crippen LogP contribution in [0.15, 0.2) is 23.1 Å². The first kappa shape index (κ1) is 16.0. The molecular formula is C17H26N4O2. The monoisotopic (exact) mass is 318 g/mol. The molecule has 3 rings (SSSR count). The van der Waals surface area contributed by atoms with Crippen LogP contribution >= 0.6 is 0 Å². The minimum Gasteiger partial charge on any atom is -0.335 e. The lowest BCUT2D eigenvalue weighted by atomic mass is 10.1. The van der Waals surface area contributed by atoms with Crippen molar-refractivity contribution in [2.45, 2.75) is 70.0 Å². The molecule has 126 valence electrons. The third-order valence-electron chi connectivity index (χ3n) is 4.99. The Labute approximate surface area is 136 Å². The summed E-state index contributed by atoms with van der Waals surface area (Å²) in [5, 5.41) is 7.32. The highest BCUT2D eigenvalue weighted by Gasteiger charge is 2.30. The second kappa shape index (κ2) is 7.62. The molecule has 2 heterocycles. The molecule has 2 amide bonds. The van der Waals surface area contributed by atoms with Crippen LogP contribution in [0.25, 0.3) is 0 Å². The van der Waals surface area contributed by atoms with Crippen molar-refractivity contribution in [2.24, 2.45) is 0 Å². The first-order valence-electron chi connectivity index (χ1n) is 8.83. The largest absolute Gasteiger partial charge is 0.335 e. The molecule has 1 atom stereocenters. The summed E-state index contributed by atoms with van der Waals surface area (Å²) >= 11 is 0. The Morgan fingerprint density at radius 2 is 1.96 bits per heavy atom. The molecular weight excluding hydrogens is 292 g/mol. The minimum absolute atomic E-state index is 0.0309. The maximum Gasteiger partial charge on any atom is 0.317 e. The highest BCUT2D eigenvalue weighted by molar-refractivity contribution is 5.75. The molecule has 1 aromatic rings. The molecule has 23 heavy (non-hydrogen) atoms. The molecule has 6 nitrogen and oxygen atoms in total. The average Bonchev–Trinajstić information content (AvgIpc) is 2.86. The summed E-state index contributed by atoms with van der Waals surface area (Å²) in [5.74, 6) is 0. The molecule has 1 saturated heterocycles. The second-order valence-electron chi connectivity index (χ2n) is 6.67. The van der Waals surface area contributed by atoms with Gasteiger partial charge >= 0.3 is 6.03 Å². The Morgan fingerprint density at radius 3 is 2.70 bits per heavy atom. The van der Waals surface area contributed by atoms with Gasteiger partial charge in [0, 0.05) is 24.8 Å². The second-order valence-corrected chi connectivity index (χ2v) is 6.67. The Hall–Kier alpha value is -1.85. The van der Waals surface area contributed by atoms with Gasteiger partial charge in [0.1, 0.15) is 0 Å². The van der Waals surface area contributed by atoms with E-state index in [4.69, 9.17) is 0 Å². The van der Waals surface area contributed by atoms with Crippen LogP contribution in [0.2, 0.25) is 0 Å². The molecule has 0 bridgehead atoms. The molecule has 1 saturated carbocycles. The number of hydrogen-bond acceptors (Lipinski definition) is 3. The SMILES string of the molecule is O=C(NC1CCCCCC1)N1CCCC1Cn1ncccc1=O. The normalized spacial score (nSPS) is 22.8. The van der Waals surface area contributed by atoms with Gasteiger partial charge in [0.2, 0.25) is 0 Å². The lowest BCUT2D eigenvalue weighted by molar-refractivity contribution is 0.180. The fraction of sp³-hybridized carbons (Fsp3) is 0.706. The fourth-order valence-electron chi connectivity index (χ4n) is 3.70. The number of likely N-dealkylation sites (tertiary alicyclic amines) is 1. The predicted molar refractivity (Wildman–Crippen MR) is 88.2 cm³/mol. The van der Waals surface area contributed by atoms with Gasteiger partial charge in [-0.05, 0) is 31.7 Å². The summed E-state index contributed by atoms with van der Waals surface area (Å²) in [6, 6.07) is 3.56. The van der Waals surface area contributed by atoms with Crippen molar-refractivity contribution in [3.05, 3.63) is 28.7 Å². The van der Waals surface area contributed by atoms with E-state index in [0.717, 1.165) is 32.2 Å². The standard InChI is InChI=1S/C17H26N4O2/c22-16-10-5-11-18-21(16)13-15-9-6-12-20(15)17(23)19-14-7-3-1-2-4-8-14/h5,10-11,14-15H,1-4,6-9,12-13H2,(H,19,23). The van der Waals surface area contributed by atoms with Gasteiger partial charge < -0.3 is 10.2 Å². The smallest absolute Gasteiger partial charge is 0.317 e. The Morgan fingerprint density at radius 1 is 1.17 bits per heavy atom. The van der Waals surface area contributed by atoms with E-state index in [1.165, 1.54) is 36.4 Å². The van der Waals surface area contributed by atoms with Crippen molar-refractivity contribution in [3.63, 3.8) is 0 Å². The minimum atomic E-state index is -0.108. The average molecular weight is 318 g/mol. The van der Waals surface area contributed by atoms with Gasteiger partial charge in [0.05, 0.1) is 12.6 Å². The number of amides is 2. The fourth-order valence-corrected chi connectivity index (χ4v) is 3.70. The number of hydrogen-bond donors (Lipinski definition) is 1. The number of urea groups is 1. The maximum atomic E-state index is 12.6. The zero-order valence-electron chi connectivity index (χ0n) is 13.6. The van der Waals surface area contributed by atoms with Crippen LogP contribution < -0.4 is 10.9 Å². The van der Waals surface area contributed by atoms with E-state index in [1.807, 2.05) is 4.90 Å². The molecule has 1 N–H and O–H groups in total. The summed E-state index contributed by atoms with van der Waals surface area (Å²) in [6.45, 7) is 1.25. The van der Waals surface area contributed by atoms with Gasteiger partial charge in [-0.3, -0.25) is 4.79 Å². The van der Waals surface area contributed by atoms with Crippen LogP contribution in [0, 0.1) is 0 Å². The highest BCUT2D eigenvalue weighted by atomic mass is 16.2. The van der Waals surface area contributed by atoms with Crippen molar-refractivity contribution < 1.29 is 4.79 Å². The molecule has 1 aromatic heterocycles. The third-order valence-corrected chi connectivity index (χ3v) is 4.99. The van der Waals surface area contributed by atoms with E-state index in [0.29, 0.717) is 12.6 Å². The van der Waals surface area contributed by atoms with E-state index in [2.05, 4.69) is 10.4 Å². The Balaban J connectivity index is 1.60. The van der Waals surface area contributed by atoms with Gasteiger partial charge in [-0.15, -0.1) is 0 Å². The van der Waals surface area contributed by atoms with Crippen molar-refractivity contribution in [2.75, 3.05) is 6.54 Å². The number of nitrogens with zero attached hydrogens (tertiary/aromatic N) is 3. The number of rotatable bonds is 3. The molecule has 1 aliphatic heterocycles. The van der Waals surface area contributed by atoms with Crippen LogP contribution in [0.4, 0.5) is 4.79 Å². The number of carbonyl (C=O) groups excluding carboxylic acids is 1. The first-order valence-corrected chi connectivity index (χ1v) is 8.83. The van der Waals surface area contributed by atoms with Crippen LogP contribution in [0.3, 0.4) is 0 Å². The third kappa shape index (κ3) is 4.12. The van der Waals surface area contributed by atoms with Crippen molar-refractivity contribution in [1.82, 2.24) is 20.0 Å². The van der Waals surface area contributed by atoms with Gasteiger partial charge in [-0.25, -0.2) is 9.48 Å². The van der Waals surface area contributed by atoms with Crippen LogP contribution in [-0.4, -0.2) is 39.3 Å². The Kier molecular flexibility index (Phi) is 5.31.